The van der Waals surface area contributed by atoms with Crippen molar-refractivity contribution in [2.45, 2.75) is 18.8 Å². The van der Waals surface area contributed by atoms with Gasteiger partial charge in [0.1, 0.15) is 11.5 Å². The van der Waals surface area contributed by atoms with Crippen LogP contribution in [0.5, 0.6) is 0 Å². The van der Waals surface area contributed by atoms with Crippen LogP contribution in [0, 0.1) is 5.41 Å². The molecule has 0 aromatic carbocycles. The molecule has 1 aromatic heterocycles. The fourth-order valence-corrected chi connectivity index (χ4v) is 2.34. The quantitative estimate of drug-likeness (QED) is 0.756. The van der Waals surface area contributed by atoms with E-state index in [1.165, 1.54) is 6.21 Å². The van der Waals surface area contributed by atoms with Crippen LogP contribution in [0.4, 0.5) is 0 Å². The molecule has 2 N–H and O–H groups in total. The van der Waals surface area contributed by atoms with Crippen LogP contribution in [0.2, 0.25) is 0 Å². The van der Waals surface area contributed by atoms with Crippen LogP contribution in [0.25, 0.3) is 6.08 Å². The SMILES string of the molecule is C=Cc1c(C=N)nc(C2CCNCC2)n1C. The second-order valence-corrected chi connectivity index (χ2v) is 4.17. The van der Waals surface area contributed by atoms with Gasteiger partial charge in [0.25, 0.3) is 0 Å². The summed E-state index contributed by atoms with van der Waals surface area (Å²) in [5, 5.41) is 10.7. The van der Waals surface area contributed by atoms with E-state index in [-0.39, 0.29) is 0 Å². The van der Waals surface area contributed by atoms with E-state index < -0.39 is 0 Å². The molecule has 0 atom stereocenters. The summed E-state index contributed by atoms with van der Waals surface area (Å²) in [6, 6.07) is 0. The van der Waals surface area contributed by atoms with Gasteiger partial charge in [-0.2, -0.15) is 0 Å². The van der Waals surface area contributed by atoms with Crippen LogP contribution in [-0.4, -0.2) is 28.9 Å². The number of nitrogens with one attached hydrogen (secondary N) is 2. The van der Waals surface area contributed by atoms with Crippen molar-refractivity contribution in [3.63, 3.8) is 0 Å². The molecule has 0 saturated carbocycles. The molecule has 0 bridgehead atoms. The number of hydrogen-bond acceptors (Lipinski definition) is 3. The standard InChI is InChI=1S/C12H18N4/c1-3-11-10(8-13)15-12(16(11)2)9-4-6-14-7-5-9/h3,8-9,13-14H,1,4-7H2,2H3. The summed E-state index contributed by atoms with van der Waals surface area (Å²) in [4.78, 5) is 4.54. The van der Waals surface area contributed by atoms with Crippen LogP contribution in [0.1, 0.15) is 36.0 Å². The van der Waals surface area contributed by atoms with Gasteiger partial charge in [-0.15, -0.1) is 0 Å². The minimum atomic E-state index is 0.513. The van der Waals surface area contributed by atoms with Gasteiger partial charge in [-0.05, 0) is 32.0 Å². The van der Waals surface area contributed by atoms with Gasteiger partial charge >= 0.3 is 0 Å². The Morgan fingerprint density at radius 2 is 2.19 bits per heavy atom. The predicted octanol–water partition coefficient (Wildman–Crippen LogP) is 1.53. The van der Waals surface area contributed by atoms with Gasteiger partial charge in [-0.25, -0.2) is 4.98 Å². The fourth-order valence-electron chi connectivity index (χ4n) is 2.34. The van der Waals surface area contributed by atoms with E-state index in [9.17, 15) is 0 Å². The molecule has 4 nitrogen and oxygen atoms in total. The minimum Gasteiger partial charge on any atom is -0.331 e. The van der Waals surface area contributed by atoms with E-state index in [4.69, 9.17) is 5.41 Å². The Hall–Kier alpha value is -1.42. The summed E-state index contributed by atoms with van der Waals surface area (Å²) in [7, 11) is 2.01. The van der Waals surface area contributed by atoms with Crippen LogP contribution >= 0.6 is 0 Å². The van der Waals surface area contributed by atoms with Crippen molar-refractivity contribution in [3.8, 4) is 0 Å². The highest BCUT2D eigenvalue weighted by Gasteiger charge is 2.21. The van der Waals surface area contributed by atoms with E-state index in [1.54, 1.807) is 6.08 Å². The lowest BCUT2D eigenvalue weighted by Gasteiger charge is -2.22. The zero-order valence-corrected chi connectivity index (χ0v) is 9.66. The number of hydrogen-bond donors (Lipinski definition) is 2. The molecule has 0 unspecified atom stereocenters. The lowest BCUT2D eigenvalue weighted by atomic mass is 9.97. The van der Waals surface area contributed by atoms with Gasteiger partial charge in [0.15, 0.2) is 0 Å². The van der Waals surface area contributed by atoms with Gasteiger partial charge in [0.2, 0.25) is 0 Å². The molecule has 1 saturated heterocycles. The van der Waals surface area contributed by atoms with E-state index in [1.807, 2.05) is 7.05 Å². The van der Waals surface area contributed by atoms with Gasteiger partial charge in [0, 0.05) is 19.2 Å². The maximum absolute atomic E-state index is 7.35. The minimum absolute atomic E-state index is 0.513. The Balaban J connectivity index is 2.36. The lowest BCUT2D eigenvalue weighted by Crippen LogP contribution is -2.27. The first kappa shape index (κ1) is 11.1. The molecule has 86 valence electrons. The lowest BCUT2D eigenvalue weighted by molar-refractivity contribution is 0.437. The highest BCUT2D eigenvalue weighted by molar-refractivity contribution is 5.80. The normalized spacial score (nSPS) is 17.3. The van der Waals surface area contributed by atoms with E-state index in [2.05, 4.69) is 21.4 Å². The Morgan fingerprint density at radius 1 is 1.50 bits per heavy atom. The average Bonchev–Trinajstić information content (AvgIpc) is 2.66. The largest absolute Gasteiger partial charge is 0.331 e. The van der Waals surface area contributed by atoms with Gasteiger partial charge < -0.3 is 15.3 Å². The summed E-state index contributed by atoms with van der Waals surface area (Å²) >= 11 is 0. The molecule has 0 aliphatic carbocycles. The first-order chi connectivity index (χ1) is 7.77. The summed E-state index contributed by atoms with van der Waals surface area (Å²) in [6.45, 7) is 5.90. The first-order valence-electron chi connectivity index (χ1n) is 5.68. The molecular formula is C12H18N4. The third-order valence-corrected chi connectivity index (χ3v) is 3.24. The van der Waals surface area contributed by atoms with E-state index in [0.29, 0.717) is 5.92 Å². The van der Waals surface area contributed by atoms with Crippen LogP contribution in [-0.2, 0) is 7.05 Å². The molecule has 0 amide bonds. The Labute approximate surface area is 95.9 Å². The van der Waals surface area contributed by atoms with Crippen molar-refractivity contribution in [1.82, 2.24) is 14.9 Å². The van der Waals surface area contributed by atoms with E-state index >= 15 is 0 Å². The molecule has 0 spiro atoms. The highest BCUT2D eigenvalue weighted by Crippen LogP contribution is 2.25. The van der Waals surface area contributed by atoms with Crippen molar-refractivity contribution < 1.29 is 0 Å². The van der Waals surface area contributed by atoms with Gasteiger partial charge in [-0.3, -0.25) is 0 Å². The third-order valence-electron chi connectivity index (χ3n) is 3.24. The van der Waals surface area contributed by atoms with E-state index in [0.717, 1.165) is 43.1 Å². The molecule has 1 aliphatic heterocycles. The number of aromatic nitrogens is 2. The summed E-state index contributed by atoms with van der Waals surface area (Å²) in [5.41, 5.74) is 1.68. The Bertz CT molecular complexity index is 399. The Kier molecular flexibility index (Phi) is 3.19. The molecule has 0 radical (unpaired) electrons. The number of piperidine rings is 1. The van der Waals surface area contributed by atoms with Crippen molar-refractivity contribution in [2.24, 2.45) is 7.05 Å². The van der Waals surface area contributed by atoms with Crippen molar-refractivity contribution in [1.29, 1.82) is 5.41 Å². The van der Waals surface area contributed by atoms with Crippen molar-refractivity contribution in [2.75, 3.05) is 13.1 Å². The second-order valence-electron chi connectivity index (χ2n) is 4.17. The van der Waals surface area contributed by atoms with Crippen molar-refractivity contribution in [3.05, 3.63) is 23.8 Å². The smallest absolute Gasteiger partial charge is 0.112 e. The summed E-state index contributed by atoms with van der Waals surface area (Å²) in [5.74, 6) is 1.61. The first-order valence-corrected chi connectivity index (χ1v) is 5.68. The summed E-state index contributed by atoms with van der Waals surface area (Å²) in [6.07, 6.45) is 5.33. The fraction of sp³-hybridized carbons (Fsp3) is 0.500. The van der Waals surface area contributed by atoms with Crippen molar-refractivity contribution >= 4 is 12.3 Å². The van der Waals surface area contributed by atoms with Crippen LogP contribution in [0.3, 0.4) is 0 Å². The zero-order valence-electron chi connectivity index (χ0n) is 9.66. The molecule has 16 heavy (non-hydrogen) atoms. The molecule has 2 heterocycles. The van der Waals surface area contributed by atoms with Gasteiger partial charge in [0.05, 0.1) is 5.69 Å². The monoisotopic (exact) mass is 218 g/mol. The molecule has 1 aromatic rings. The maximum atomic E-state index is 7.35. The molecule has 4 heteroatoms. The number of rotatable bonds is 3. The average molecular weight is 218 g/mol. The van der Waals surface area contributed by atoms with Crippen LogP contribution < -0.4 is 5.32 Å². The molecule has 2 rings (SSSR count). The van der Waals surface area contributed by atoms with Crippen LogP contribution in [0.15, 0.2) is 6.58 Å². The maximum Gasteiger partial charge on any atom is 0.112 e. The highest BCUT2D eigenvalue weighted by atomic mass is 15.1. The molecule has 1 aliphatic rings. The van der Waals surface area contributed by atoms with Gasteiger partial charge in [-0.1, -0.05) is 6.58 Å². The third kappa shape index (κ3) is 1.80. The topological polar surface area (TPSA) is 53.7 Å². The number of nitrogens with zero attached hydrogens (tertiary/aromatic N) is 2. The molecular weight excluding hydrogens is 200 g/mol. The zero-order chi connectivity index (χ0) is 11.5. The molecule has 1 fully saturated rings. The Morgan fingerprint density at radius 3 is 2.69 bits per heavy atom. The number of imidazole rings is 1. The summed E-state index contributed by atoms with van der Waals surface area (Å²) < 4.78 is 2.07. The predicted molar refractivity (Wildman–Crippen MR) is 66.0 cm³/mol. The second kappa shape index (κ2) is 4.61.